The van der Waals surface area contributed by atoms with E-state index in [9.17, 15) is 10.1 Å². The minimum atomic E-state index is -0.777. The number of primary amides is 1. The molecule has 2 unspecified atom stereocenters. The smallest absolute Gasteiger partial charge is 0.223 e. The fraction of sp³-hybridized carbons (Fsp3) is 0.609. The molecule has 4 aliphatic rings. The van der Waals surface area contributed by atoms with Crippen molar-refractivity contribution in [1.82, 2.24) is 5.32 Å². The zero-order valence-corrected chi connectivity index (χ0v) is 17.4. The maximum absolute atomic E-state index is 12.2. The van der Waals surface area contributed by atoms with Gasteiger partial charge in [-0.1, -0.05) is 17.7 Å². The Morgan fingerprint density at radius 2 is 1.86 bits per heavy atom. The van der Waals surface area contributed by atoms with Gasteiger partial charge in [0.1, 0.15) is 5.75 Å². The highest BCUT2D eigenvalue weighted by Gasteiger charge is 2.58. The van der Waals surface area contributed by atoms with Crippen LogP contribution in [0, 0.1) is 41.5 Å². The van der Waals surface area contributed by atoms with Gasteiger partial charge < -0.3 is 15.8 Å². The van der Waals surface area contributed by atoms with Gasteiger partial charge in [0, 0.05) is 11.5 Å². The molecule has 1 aromatic rings. The number of benzene rings is 1. The lowest BCUT2D eigenvalue weighted by Crippen LogP contribution is -2.64. The number of amides is 1. The Morgan fingerprint density at radius 3 is 2.41 bits per heavy atom. The van der Waals surface area contributed by atoms with Crippen molar-refractivity contribution in [3.63, 3.8) is 0 Å². The molecule has 6 heteroatoms. The number of carbonyl (C=O) groups is 1. The van der Waals surface area contributed by atoms with E-state index in [2.05, 4.69) is 10.3 Å². The van der Waals surface area contributed by atoms with E-state index in [1.54, 1.807) is 0 Å². The predicted octanol–water partition coefficient (Wildman–Crippen LogP) is 3.30. The monoisotopic (exact) mass is 394 g/mol. The highest BCUT2D eigenvalue weighted by atomic mass is 16.5. The van der Waals surface area contributed by atoms with E-state index in [-0.39, 0.29) is 17.4 Å². The van der Waals surface area contributed by atoms with Crippen LogP contribution in [0.4, 0.5) is 0 Å². The maximum Gasteiger partial charge on any atom is 0.223 e. The van der Waals surface area contributed by atoms with Crippen LogP contribution in [0.15, 0.2) is 29.3 Å². The van der Waals surface area contributed by atoms with E-state index in [1.807, 2.05) is 51.2 Å². The van der Waals surface area contributed by atoms with Gasteiger partial charge in [-0.3, -0.25) is 4.79 Å². The summed E-state index contributed by atoms with van der Waals surface area (Å²) < 4.78 is 6.20. The summed E-state index contributed by atoms with van der Waals surface area (Å²) >= 11 is 0. The number of aryl methyl sites for hydroxylation is 1. The minimum Gasteiger partial charge on any atom is -0.480 e. The number of amidine groups is 1. The van der Waals surface area contributed by atoms with Crippen molar-refractivity contribution >= 4 is 11.7 Å². The normalized spacial score (nSPS) is 33.2. The lowest BCUT2D eigenvalue weighted by Gasteiger charge is -2.59. The SMILES string of the molecule is Cc1ccc(OC(C)(C)/C(=N\C#N)NC2C3CC4CC2CC(C(N)=O)(C4)C3)cc1. The Bertz CT molecular complexity index is 852. The number of hydrogen-bond donors (Lipinski definition) is 2. The second-order valence-corrected chi connectivity index (χ2v) is 9.77. The molecule has 4 fully saturated rings. The molecule has 5 rings (SSSR count). The summed E-state index contributed by atoms with van der Waals surface area (Å²) in [5, 5.41) is 12.9. The zero-order valence-electron chi connectivity index (χ0n) is 17.4. The topological polar surface area (TPSA) is 100 Å². The summed E-state index contributed by atoms with van der Waals surface area (Å²) in [6.45, 7) is 5.89. The van der Waals surface area contributed by atoms with Crippen LogP contribution in [0.2, 0.25) is 0 Å². The molecule has 1 amide bonds. The van der Waals surface area contributed by atoms with Crippen LogP contribution >= 0.6 is 0 Å². The summed E-state index contributed by atoms with van der Waals surface area (Å²) in [6, 6.07) is 8.07. The van der Waals surface area contributed by atoms with Gasteiger partial charge in [0.25, 0.3) is 0 Å². The number of nitrogens with two attached hydrogens (primary N) is 1. The molecule has 0 saturated heterocycles. The molecular formula is C23H30N4O2. The fourth-order valence-corrected chi connectivity index (χ4v) is 6.06. The van der Waals surface area contributed by atoms with Crippen molar-refractivity contribution in [2.24, 2.45) is 33.9 Å². The number of carbonyl (C=O) groups excluding carboxylic acids is 1. The second-order valence-electron chi connectivity index (χ2n) is 9.77. The molecule has 0 aliphatic heterocycles. The van der Waals surface area contributed by atoms with Crippen molar-refractivity contribution in [3.05, 3.63) is 29.8 Å². The Kier molecular flexibility index (Phi) is 4.80. The Balaban J connectivity index is 1.53. The number of nitrogens with one attached hydrogen (secondary N) is 1. The molecule has 0 spiro atoms. The van der Waals surface area contributed by atoms with Crippen LogP contribution in [0.3, 0.4) is 0 Å². The van der Waals surface area contributed by atoms with E-state index in [4.69, 9.17) is 10.5 Å². The standard InChI is InChI=1S/C23H30N4O2/c1-14-4-6-18(7-5-14)29-22(2,3)21(26-13-24)27-19-16-8-15-9-17(19)12-23(10-15,11-16)20(25)28/h4-7,15-17,19H,8-12H2,1-3H3,(H2,25,28)(H,26,27). The van der Waals surface area contributed by atoms with Gasteiger partial charge in [-0.2, -0.15) is 10.3 Å². The highest BCUT2D eigenvalue weighted by molar-refractivity contribution is 5.91. The lowest BCUT2D eigenvalue weighted by atomic mass is 9.47. The Labute approximate surface area is 172 Å². The predicted molar refractivity (Wildman–Crippen MR) is 111 cm³/mol. The molecule has 0 aromatic heterocycles. The first kappa shape index (κ1) is 19.8. The molecule has 4 aliphatic carbocycles. The molecule has 3 N–H and O–H groups in total. The van der Waals surface area contributed by atoms with Crippen molar-refractivity contribution in [2.75, 3.05) is 0 Å². The molecule has 4 bridgehead atoms. The highest BCUT2D eigenvalue weighted by Crippen LogP contribution is 2.60. The number of aliphatic imine (C=N–C) groups is 1. The first-order valence-corrected chi connectivity index (χ1v) is 10.5. The fourth-order valence-electron chi connectivity index (χ4n) is 6.06. The zero-order chi connectivity index (χ0) is 20.8. The third-order valence-corrected chi connectivity index (χ3v) is 7.23. The van der Waals surface area contributed by atoms with E-state index in [1.165, 1.54) is 0 Å². The summed E-state index contributed by atoms with van der Waals surface area (Å²) in [4.78, 5) is 16.3. The van der Waals surface area contributed by atoms with Crippen LogP contribution in [-0.4, -0.2) is 23.4 Å². The van der Waals surface area contributed by atoms with Crippen molar-refractivity contribution < 1.29 is 9.53 Å². The van der Waals surface area contributed by atoms with E-state index in [0.29, 0.717) is 23.6 Å². The van der Waals surface area contributed by atoms with Crippen molar-refractivity contribution in [3.8, 4) is 11.9 Å². The van der Waals surface area contributed by atoms with Crippen LogP contribution in [-0.2, 0) is 4.79 Å². The van der Waals surface area contributed by atoms with Crippen LogP contribution in [0.5, 0.6) is 5.75 Å². The van der Waals surface area contributed by atoms with Crippen molar-refractivity contribution in [1.29, 1.82) is 5.26 Å². The average Bonchev–Trinajstić information content (AvgIpc) is 2.65. The molecular weight excluding hydrogens is 364 g/mol. The van der Waals surface area contributed by atoms with E-state index >= 15 is 0 Å². The first-order valence-electron chi connectivity index (χ1n) is 10.5. The van der Waals surface area contributed by atoms with Crippen LogP contribution in [0.1, 0.15) is 51.5 Å². The Morgan fingerprint density at radius 1 is 1.24 bits per heavy atom. The van der Waals surface area contributed by atoms with Gasteiger partial charge >= 0.3 is 0 Å². The number of hydrogen-bond acceptors (Lipinski definition) is 4. The summed E-state index contributed by atoms with van der Waals surface area (Å²) in [7, 11) is 0. The second kappa shape index (κ2) is 7.05. The quantitative estimate of drug-likeness (QED) is 0.454. The van der Waals surface area contributed by atoms with Crippen LogP contribution < -0.4 is 15.8 Å². The summed E-state index contributed by atoms with van der Waals surface area (Å²) in [6.07, 6.45) is 6.79. The van der Waals surface area contributed by atoms with Gasteiger partial charge in [0.15, 0.2) is 11.4 Å². The van der Waals surface area contributed by atoms with Gasteiger partial charge in [-0.05, 0) is 82.8 Å². The maximum atomic E-state index is 12.2. The lowest BCUT2D eigenvalue weighted by molar-refractivity contribution is -0.145. The molecule has 2 atom stereocenters. The first-order chi connectivity index (χ1) is 13.7. The molecule has 29 heavy (non-hydrogen) atoms. The van der Waals surface area contributed by atoms with Gasteiger partial charge in [-0.25, -0.2) is 0 Å². The summed E-state index contributed by atoms with van der Waals surface area (Å²) in [5.41, 5.74) is 5.87. The van der Waals surface area contributed by atoms with Crippen LogP contribution in [0.25, 0.3) is 0 Å². The number of rotatable bonds is 5. The van der Waals surface area contributed by atoms with Gasteiger partial charge in [0.05, 0.1) is 0 Å². The number of ether oxygens (including phenoxy) is 1. The largest absolute Gasteiger partial charge is 0.480 e. The average molecular weight is 395 g/mol. The Hall–Kier alpha value is -2.55. The molecule has 1 aromatic carbocycles. The van der Waals surface area contributed by atoms with E-state index in [0.717, 1.165) is 43.4 Å². The molecule has 6 nitrogen and oxygen atoms in total. The van der Waals surface area contributed by atoms with Gasteiger partial charge in [0.2, 0.25) is 12.1 Å². The van der Waals surface area contributed by atoms with E-state index < -0.39 is 5.60 Å². The third-order valence-electron chi connectivity index (χ3n) is 7.23. The number of nitriles is 1. The summed E-state index contributed by atoms with van der Waals surface area (Å²) in [5.74, 6) is 2.51. The number of nitrogens with zero attached hydrogens (tertiary/aromatic N) is 2. The van der Waals surface area contributed by atoms with Crippen molar-refractivity contribution in [2.45, 2.75) is 64.5 Å². The minimum absolute atomic E-state index is 0.135. The molecule has 4 saturated carbocycles. The molecule has 0 heterocycles. The van der Waals surface area contributed by atoms with Gasteiger partial charge in [-0.15, -0.1) is 0 Å². The molecule has 0 radical (unpaired) electrons. The third kappa shape index (κ3) is 3.59. The molecule has 154 valence electrons.